The molecule has 20 heavy (non-hydrogen) atoms. The molecule has 3 rings (SSSR count). The first-order valence-corrected chi connectivity index (χ1v) is 8.15. The molecule has 4 heteroatoms. The first-order chi connectivity index (χ1) is 9.76. The summed E-state index contributed by atoms with van der Waals surface area (Å²) in [5.74, 6) is 0. The second-order valence-corrected chi connectivity index (χ2v) is 7.09. The van der Waals surface area contributed by atoms with Gasteiger partial charge in [-0.15, -0.1) is 11.3 Å². The van der Waals surface area contributed by atoms with Crippen molar-refractivity contribution in [2.75, 3.05) is 13.6 Å². The van der Waals surface area contributed by atoms with Crippen LogP contribution in [0.4, 0.5) is 0 Å². The lowest BCUT2D eigenvalue weighted by Gasteiger charge is -2.36. The Bertz CT molecular complexity index is 581. The van der Waals surface area contributed by atoms with Crippen LogP contribution in [0.2, 0.25) is 4.34 Å². The van der Waals surface area contributed by atoms with E-state index in [4.69, 9.17) is 11.6 Å². The molecule has 1 atom stereocenters. The molecule has 2 nitrogen and oxygen atoms in total. The van der Waals surface area contributed by atoms with E-state index >= 15 is 0 Å². The lowest BCUT2D eigenvalue weighted by molar-refractivity contribution is 0.162. The summed E-state index contributed by atoms with van der Waals surface area (Å²) >= 11 is 7.73. The van der Waals surface area contributed by atoms with Crippen LogP contribution in [0, 0.1) is 0 Å². The third kappa shape index (κ3) is 3.07. The van der Waals surface area contributed by atoms with Gasteiger partial charge in [0.2, 0.25) is 0 Å². The summed E-state index contributed by atoms with van der Waals surface area (Å²) in [5.41, 5.74) is 2.95. The van der Waals surface area contributed by atoms with Crippen LogP contribution >= 0.6 is 22.9 Å². The number of nitrogens with one attached hydrogen (secondary N) is 1. The molecule has 2 heterocycles. The number of benzene rings is 1. The Morgan fingerprint density at radius 3 is 2.75 bits per heavy atom. The minimum absolute atomic E-state index is 0.552. The third-order valence-corrected chi connectivity index (χ3v) is 5.11. The summed E-state index contributed by atoms with van der Waals surface area (Å²) in [6.45, 7) is 3.03. The summed E-state index contributed by atoms with van der Waals surface area (Å²) < 4.78 is 0.877. The van der Waals surface area contributed by atoms with Crippen molar-refractivity contribution in [3.63, 3.8) is 0 Å². The fraction of sp³-hybridized carbons (Fsp3) is 0.375. The maximum Gasteiger partial charge on any atom is 0.0931 e. The van der Waals surface area contributed by atoms with Crippen molar-refractivity contribution < 1.29 is 0 Å². The first-order valence-electron chi connectivity index (χ1n) is 6.96. The molecule has 1 aromatic carbocycles. The lowest BCUT2D eigenvalue weighted by atomic mass is 9.94. The van der Waals surface area contributed by atoms with Gasteiger partial charge in [-0.05, 0) is 36.7 Å². The Balaban J connectivity index is 1.80. The van der Waals surface area contributed by atoms with E-state index in [2.05, 4.69) is 40.5 Å². The number of fused-ring (bicyclic) bond motifs is 1. The molecule has 1 N–H and O–H groups in total. The van der Waals surface area contributed by atoms with E-state index in [0.29, 0.717) is 6.04 Å². The molecular formula is C16H19ClN2S. The normalized spacial score (nSPS) is 19.0. The quantitative estimate of drug-likeness (QED) is 0.929. The van der Waals surface area contributed by atoms with Gasteiger partial charge in [-0.1, -0.05) is 35.9 Å². The Kier molecular flexibility index (Phi) is 4.41. The van der Waals surface area contributed by atoms with Crippen LogP contribution < -0.4 is 5.32 Å². The fourth-order valence-electron chi connectivity index (χ4n) is 2.90. The topological polar surface area (TPSA) is 15.3 Å². The molecule has 0 amide bonds. The number of hydrogen-bond donors (Lipinski definition) is 1. The van der Waals surface area contributed by atoms with Gasteiger partial charge in [0.25, 0.3) is 0 Å². The predicted octanol–water partition coefficient (Wildman–Crippen LogP) is 3.55. The zero-order chi connectivity index (χ0) is 13.9. The molecule has 1 unspecified atom stereocenters. The highest BCUT2D eigenvalue weighted by molar-refractivity contribution is 7.16. The van der Waals surface area contributed by atoms with Gasteiger partial charge in [0.15, 0.2) is 0 Å². The van der Waals surface area contributed by atoms with Crippen molar-refractivity contribution in [1.82, 2.24) is 10.2 Å². The van der Waals surface area contributed by atoms with Gasteiger partial charge < -0.3 is 5.32 Å². The summed E-state index contributed by atoms with van der Waals surface area (Å²) in [6, 6.07) is 13.5. The highest BCUT2D eigenvalue weighted by atomic mass is 35.5. The molecule has 0 aliphatic carbocycles. The number of nitrogens with zero attached hydrogens (tertiary/aromatic N) is 1. The molecule has 106 valence electrons. The monoisotopic (exact) mass is 306 g/mol. The maximum atomic E-state index is 6.04. The van der Waals surface area contributed by atoms with Crippen molar-refractivity contribution in [3.05, 3.63) is 56.7 Å². The Morgan fingerprint density at radius 1 is 1.25 bits per heavy atom. The largest absolute Gasteiger partial charge is 0.318 e. The zero-order valence-corrected chi connectivity index (χ0v) is 13.2. The molecule has 0 spiro atoms. The smallest absolute Gasteiger partial charge is 0.0931 e. The molecule has 0 saturated carbocycles. The van der Waals surface area contributed by atoms with Gasteiger partial charge in [0.05, 0.1) is 4.34 Å². The van der Waals surface area contributed by atoms with E-state index < -0.39 is 0 Å². The molecule has 0 radical (unpaired) electrons. The molecule has 0 fully saturated rings. The number of hydrogen-bond acceptors (Lipinski definition) is 3. The van der Waals surface area contributed by atoms with Gasteiger partial charge in [0.1, 0.15) is 0 Å². The highest BCUT2D eigenvalue weighted by Gasteiger charge is 2.25. The molecule has 0 bridgehead atoms. The van der Waals surface area contributed by atoms with Crippen LogP contribution in [-0.4, -0.2) is 24.5 Å². The van der Waals surface area contributed by atoms with E-state index in [1.165, 1.54) is 16.0 Å². The Labute approximate surface area is 129 Å². The van der Waals surface area contributed by atoms with Crippen molar-refractivity contribution in [2.24, 2.45) is 0 Å². The number of halogens is 1. The Hall–Kier alpha value is -0.870. The summed E-state index contributed by atoms with van der Waals surface area (Å²) in [7, 11) is 2.03. The van der Waals surface area contributed by atoms with Gasteiger partial charge in [-0.2, -0.15) is 0 Å². The molecular weight excluding hydrogens is 288 g/mol. The van der Waals surface area contributed by atoms with Crippen LogP contribution in [0.15, 0.2) is 36.4 Å². The zero-order valence-electron chi connectivity index (χ0n) is 11.6. The average molecular weight is 307 g/mol. The molecule has 2 aromatic rings. The molecule has 1 aliphatic rings. The number of thiophene rings is 1. The predicted molar refractivity (Wildman–Crippen MR) is 86.4 cm³/mol. The summed E-state index contributed by atoms with van der Waals surface area (Å²) in [4.78, 5) is 3.90. The number of rotatable bonds is 4. The van der Waals surface area contributed by atoms with Crippen LogP contribution in [0.5, 0.6) is 0 Å². The van der Waals surface area contributed by atoms with Crippen LogP contribution in [0.1, 0.15) is 16.0 Å². The van der Waals surface area contributed by atoms with E-state index in [-0.39, 0.29) is 0 Å². The van der Waals surface area contributed by atoms with Gasteiger partial charge in [0, 0.05) is 30.6 Å². The van der Waals surface area contributed by atoms with Crippen LogP contribution in [0.3, 0.4) is 0 Å². The van der Waals surface area contributed by atoms with E-state index in [1.807, 2.05) is 13.1 Å². The van der Waals surface area contributed by atoms with Crippen LogP contribution in [-0.2, 0) is 19.5 Å². The molecule has 1 aromatic heterocycles. The minimum atomic E-state index is 0.552. The standard InChI is InChI=1S/C16H19ClN2S/c1-18-9-14-8-12-4-2-3-5-13(12)10-19(14)11-15-6-7-16(17)20-15/h2-7,14,18H,8-11H2,1H3. The first kappa shape index (κ1) is 14.1. The van der Waals surface area contributed by atoms with E-state index in [1.54, 1.807) is 11.3 Å². The van der Waals surface area contributed by atoms with Gasteiger partial charge >= 0.3 is 0 Å². The van der Waals surface area contributed by atoms with Gasteiger partial charge in [-0.3, -0.25) is 4.90 Å². The Morgan fingerprint density at radius 2 is 2.05 bits per heavy atom. The average Bonchev–Trinajstić information content (AvgIpc) is 2.85. The van der Waals surface area contributed by atoms with Crippen molar-refractivity contribution in [3.8, 4) is 0 Å². The van der Waals surface area contributed by atoms with Crippen LogP contribution in [0.25, 0.3) is 0 Å². The third-order valence-electron chi connectivity index (χ3n) is 3.89. The van der Waals surface area contributed by atoms with Crippen molar-refractivity contribution >= 4 is 22.9 Å². The van der Waals surface area contributed by atoms with Gasteiger partial charge in [-0.25, -0.2) is 0 Å². The second-order valence-electron chi connectivity index (χ2n) is 5.30. The second kappa shape index (κ2) is 6.27. The van der Waals surface area contributed by atoms with E-state index in [0.717, 1.165) is 30.4 Å². The van der Waals surface area contributed by atoms with Crippen molar-refractivity contribution in [2.45, 2.75) is 25.6 Å². The highest BCUT2D eigenvalue weighted by Crippen LogP contribution is 2.28. The van der Waals surface area contributed by atoms with E-state index in [9.17, 15) is 0 Å². The SMILES string of the molecule is CNCC1Cc2ccccc2CN1Cc1ccc(Cl)s1. The summed E-state index contributed by atoms with van der Waals surface area (Å²) in [5, 5.41) is 3.32. The number of likely N-dealkylation sites (N-methyl/N-ethyl adjacent to an activating group) is 1. The molecule has 0 saturated heterocycles. The maximum absolute atomic E-state index is 6.04. The fourth-order valence-corrected chi connectivity index (χ4v) is 4.01. The van der Waals surface area contributed by atoms with Crippen molar-refractivity contribution in [1.29, 1.82) is 0 Å². The minimum Gasteiger partial charge on any atom is -0.318 e. The summed E-state index contributed by atoms with van der Waals surface area (Å²) in [6.07, 6.45) is 1.12. The lowest BCUT2D eigenvalue weighted by Crippen LogP contribution is -2.45. The molecule has 1 aliphatic heterocycles.